The molecule has 0 saturated carbocycles. The van der Waals surface area contributed by atoms with Gasteiger partial charge in [0.1, 0.15) is 0 Å². The predicted molar refractivity (Wildman–Crippen MR) is 127 cm³/mol. The van der Waals surface area contributed by atoms with Crippen LogP contribution in [0.15, 0.2) is 83.0 Å². The van der Waals surface area contributed by atoms with Gasteiger partial charge in [0, 0.05) is 0 Å². The van der Waals surface area contributed by atoms with Crippen molar-refractivity contribution >= 4 is 29.6 Å². The highest BCUT2D eigenvalue weighted by atomic mass is 16.2. The summed E-state index contributed by atoms with van der Waals surface area (Å²) >= 11 is 0. The number of amides is 2. The van der Waals surface area contributed by atoms with Crippen LogP contribution in [0.4, 0.5) is 4.79 Å². The fourth-order valence-corrected chi connectivity index (χ4v) is 2.46. The van der Waals surface area contributed by atoms with E-state index in [4.69, 9.17) is 0 Å². The third kappa shape index (κ3) is 8.27. The third-order valence-corrected chi connectivity index (χ3v) is 4.25. The van der Waals surface area contributed by atoms with Crippen LogP contribution in [-0.4, -0.2) is 17.5 Å². The van der Waals surface area contributed by atoms with Crippen molar-refractivity contribution in [2.24, 2.45) is 22.0 Å². The maximum absolute atomic E-state index is 12.2. The Kier molecular flexibility index (Phi) is 9.25. The lowest BCUT2D eigenvalue weighted by molar-refractivity contribution is 0.241. The minimum atomic E-state index is -0.479. The molecule has 30 heavy (non-hydrogen) atoms. The van der Waals surface area contributed by atoms with Crippen molar-refractivity contribution in [2.75, 3.05) is 0 Å². The van der Waals surface area contributed by atoms with Gasteiger partial charge in [0.25, 0.3) is 0 Å². The Morgan fingerprint density at radius 3 is 1.40 bits per heavy atom. The van der Waals surface area contributed by atoms with Crippen molar-refractivity contribution < 1.29 is 4.79 Å². The fourth-order valence-electron chi connectivity index (χ4n) is 2.46. The number of nitrogens with one attached hydrogen (secondary N) is 2. The van der Waals surface area contributed by atoms with E-state index in [9.17, 15) is 4.79 Å². The molecule has 2 aromatic rings. The Labute approximate surface area is 179 Å². The van der Waals surface area contributed by atoms with Gasteiger partial charge in [-0.2, -0.15) is 10.2 Å². The topological polar surface area (TPSA) is 65.8 Å². The van der Waals surface area contributed by atoms with Gasteiger partial charge in [0.05, 0.1) is 11.4 Å². The van der Waals surface area contributed by atoms with E-state index in [-0.39, 0.29) is 11.8 Å². The molecule has 0 unspecified atom stereocenters. The molecule has 0 fully saturated rings. The lowest BCUT2D eigenvalue weighted by Gasteiger charge is -2.08. The monoisotopic (exact) mass is 402 g/mol. The molecule has 0 atom stereocenters. The second kappa shape index (κ2) is 12.2. The summed E-state index contributed by atoms with van der Waals surface area (Å²) in [6.07, 6.45) is 7.76. The molecule has 2 amide bonds. The van der Waals surface area contributed by atoms with E-state index in [1.165, 1.54) is 0 Å². The van der Waals surface area contributed by atoms with Crippen LogP contribution in [0.25, 0.3) is 12.2 Å². The van der Waals surface area contributed by atoms with Gasteiger partial charge in [-0.05, 0) is 35.1 Å². The van der Waals surface area contributed by atoms with E-state index < -0.39 is 6.03 Å². The van der Waals surface area contributed by atoms with Crippen LogP contribution in [0.3, 0.4) is 0 Å². The Balaban J connectivity index is 2.00. The van der Waals surface area contributed by atoms with E-state index in [0.29, 0.717) is 0 Å². The number of carbonyl (C=O) groups is 1. The first-order valence-electron chi connectivity index (χ1n) is 10.1. The number of hydrogen-bond donors (Lipinski definition) is 2. The van der Waals surface area contributed by atoms with Gasteiger partial charge < -0.3 is 0 Å². The molecule has 0 saturated heterocycles. The lowest BCUT2D eigenvalue weighted by Crippen LogP contribution is -2.31. The Hall–Kier alpha value is -3.47. The summed E-state index contributed by atoms with van der Waals surface area (Å²) in [4.78, 5) is 12.2. The largest absolute Gasteiger partial charge is 0.355 e. The quantitative estimate of drug-likeness (QED) is 0.429. The molecule has 0 spiro atoms. The molecule has 2 aromatic carbocycles. The molecule has 0 aromatic heterocycles. The minimum Gasteiger partial charge on any atom is -0.245 e. The van der Waals surface area contributed by atoms with E-state index in [2.05, 4.69) is 21.1 Å². The first-order chi connectivity index (χ1) is 14.5. The fraction of sp³-hybridized carbons (Fsp3) is 0.240. The summed E-state index contributed by atoms with van der Waals surface area (Å²) < 4.78 is 0. The number of benzene rings is 2. The van der Waals surface area contributed by atoms with Crippen LogP contribution in [0, 0.1) is 11.8 Å². The maximum Gasteiger partial charge on any atom is 0.355 e. The second-order valence-electron chi connectivity index (χ2n) is 7.42. The number of carbonyl (C=O) groups excluding carboxylic acids is 1. The van der Waals surface area contributed by atoms with Gasteiger partial charge in [-0.1, -0.05) is 101 Å². The Bertz CT molecular complexity index is 835. The van der Waals surface area contributed by atoms with Gasteiger partial charge in [0.15, 0.2) is 0 Å². The van der Waals surface area contributed by atoms with Crippen molar-refractivity contribution in [1.29, 1.82) is 0 Å². The first kappa shape index (κ1) is 22.8. The minimum absolute atomic E-state index is 0.161. The van der Waals surface area contributed by atoms with Crippen LogP contribution < -0.4 is 10.9 Å². The summed E-state index contributed by atoms with van der Waals surface area (Å²) in [6.45, 7) is 8.10. The molecule has 5 nitrogen and oxygen atoms in total. The number of hydrazone groups is 2. The molecular formula is C25H30N4O. The van der Waals surface area contributed by atoms with E-state index >= 15 is 0 Å². The second-order valence-corrected chi connectivity index (χ2v) is 7.42. The van der Waals surface area contributed by atoms with Crippen LogP contribution in [0.1, 0.15) is 38.8 Å². The maximum atomic E-state index is 12.2. The molecule has 0 radical (unpaired) electrons. The van der Waals surface area contributed by atoms with Crippen LogP contribution in [0.5, 0.6) is 0 Å². The van der Waals surface area contributed by atoms with E-state index in [1.54, 1.807) is 0 Å². The number of allylic oxidation sites excluding steroid dienone is 2. The van der Waals surface area contributed by atoms with E-state index in [1.807, 2.05) is 113 Å². The SMILES string of the molecule is CC(C)C(/C=C\c1ccccc1)=N/NC(=O)N/N=C(/C=C\c1ccccc1)C(C)C. The smallest absolute Gasteiger partial charge is 0.245 e. The van der Waals surface area contributed by atoms with Crippen molar-refractivity contribution in [1.82, 2.24) is 10.9 Å². The standard InChI is InChI=1S/C25H30N4O/c1-19(2)23(17-15-21-11-7-5-8-12-21)26-28-25(30)29-27-24(20(3)4)18-16-22-13-9-6-10-14-22/h5-20H,1-4H3,(H2,28,29,30)/b17-15-,18-16-,26-23-,27-24+. The van der Waals surface area contributed by atoms with Gasteiger partial charge in [0.2, 0.25) is 0 Å². The number of urea groups is 1. The van der Waals surface area contributed by atoms with Crippen molar-refractivity contribution in [3.05, 3.63) is 83.9 Å². The highest BCUT2D eigenvalue weighted by Crippen LogP contribution is 2.06. The predicted octanol–water partition coefficient (Wildman–Crippen LogP) is 5.74. The molecule has 2 rings (SSSR count). The summed E-state index contributed by atoms with van der Waals surface area (Å²) in [5, 5.41) is 8.47. The molecule has 0 aliphatic heterocycles. The van der Waals surface area contributed by atoms with Gasteiger partial charge in [-0.15, -0.1) is 0 Å². The molecule has 0 aliphatic carbocycles. The molecule has 156 valence electrons. The molecule has 5 heteroatoms. The summed E-state index contributed by atoms with van der Waals surface area (Å²) in [6, 6.07) is 19.4. The number of nitrogens with zero attached hydrogens (tertiary/aromatic N) is 2. The highest BCUT2D eigenvalue weighted by molar-refractivity contribution is 6.01. The zero-order chi connectivity index (χ0) is 21.8. The zero-order valence-corrected chi connectivity index (χ0v) is 18.0. The molecular weight excluding hydrogens is 372 g/mol. The van der Waals surface area contributed by atoms with Crippen LogP contribution >= 0.6 is 0 Å². The molecule has 0 bridgehead atoms. The highest BCUT2D eigenvalue weighted by Gasteiger charge is 2.05. The van der Waals surface area contributed by atoms with Gasteiger partial charge in [-0.25, -0.2) is 15.6 Å². The third-order valence-electron chi connectivity index (χ3n) is 4.25. The van der Waals surface area contributed by atoms with Crippen LogP contribution in [-0.2, 0) is 0 Å². The van der Waals surface area contributed by atoms with Crippen molar-refractivity contribution in [3.63, 3.8) is 0 Å². The summed E-state index contributed by atoms with van der Waals surface area (Å²) in [7, 11) is 0. The Morgan fingerprint density at radius 1 is 0.700 bits per heavy atom. The normalized spacial score (nSPS) is 12.9. The molecule has 0 heterocycles. The Morgan fingerprint density at radius 2 is 1.07 bits per heavy atom. The van der Waals surface area contributed by atoms with Crippen LogP contribution in [0.2, 0.25) is 0 Å². The van der Waals surface area contributed by atoms with E-state index in [0.717, 1.165) is 22.6 Å². The van der Waals surface area contributed by atoms with Gasteiger partial charge >= 0.3 is 6.03 Å². The summed E-state index contributed by atoms with van der Waals surface area (Å²) in [5.74, 6) is 0.322. The number of hydrogen-bond acceptors (Lipinski definition) is 3. The lowest BCUT2D eigenvalue weighted by atomic mass is 10.1. The van der Waals surface area contributed by atoms with Crippen molar-refractivity contribution in [2.45, 2.75) is 27.7 Å². The molecule has 2 N–H and O–H groups in total. The van der Waals surface area contributed by atoms with Crippen molar-refractivity contribution in [3.8, 4) is 0 Å². The molecule has 0 aliphatic rings. The first-order valence-corrected chi connectivity index (χ1v) is 10.1. The zero-order valence-electron chi connectivity index (χ0n) is 18.0. The summed E-state index contributed by atoms with van der Waals surface area (Å²) in [5.41, 5.74) is 8.74. The average Bonchev–Trinajstić information content (AvgIpc) is 2.74. The van der Waals surface area contributed by atoms with Gasteiger partial charge in [-0.3, -0.25) is 0 Å². The number of rotatable bonds is 8. The average molecular weight is 403 g/mol.